The fourth-order valence-corrected chi connectivity index (χ4v) is 3.16. The fourth-order valence-electron chi connectivity index (χ4n) is 2.20. The number of aryl methyl sites for hydroxylation is 1. The molecule has 0 fully saturated rings. The number of nitrogens with one attached hydrogen (secondary N) is 1. The Morgan fingerprint density at radius 2 is 2.05 bits per heavy atom. The highest BCUT2D eigenvalue weighted by molar-refractivity contribution is 9.10. The van der Waals surface area contributed by atoms with E-state index in [1.807, 2.05) is 47.9 Å². The number of aromatic amines is 1. The van der Waals surface area contributed by atoms with Crippen molar-refractivity contribution in [2.45, 2.75) is 6.92 Å². The second-order valence-electron chi connectivity index (χ2n) is 4.33. The minimum atomic E-state index is 0.643. The maximum Gasteiger partial charge on any atom is 0.182 e. The number of hydrogen-bond acceptors (Lipinski definition) is 1. The van der Waals surface area contributed by atoms with Crippen molar-refractivity contribution in [2.24, 2.45) is 0 Å². The van der Waals surface area contributed by atoms with Gasteiger partial charge in [0.05, 0.1) is 21.7 Å². The highest BCUT2D eigenvalue weighted by atomic mass is 79.9. The number of imidazole rings is 1. The van der Waals surface area contributed by atoms with Gasteiger partial charge in [0.25, 0.3) is 0 Å². The summed E-state index contributed by atoms with van der Waals surface area (Å²) in [6, 6.07) is 11.9. The zero-order chi connectivity index (χ0) is 13.6. The van der Waals surface area contributed by atoms with Crippen LogP contribution in [-0.4, -0.2) is 9.55 Å². The van der Waals surface area contributed by atoms with Gasteiger partial charge in [0, 0.05) is 4.47 Å². The third-order valence-electron chi connectivity index (χ3n) is 3.06. The summed E-state index contributed by atoms with van der Waals surface area (Å²) >= 11 is 15.3. The molecule has 3 rings (SSSR count). The number of halogens is 2. The number of rotatable bonds is 1. The summed E-state index contributed by atoms with van der Waals surface area (Å²) in [7, 11) is 0. The van der Waals surface area contributed by atoms with Crippen LogP contribution >= 0.6 is 39.7 Å². The fraction of sp³-hybridized carbons (Fsp3) is 0.0714. The van der Waals surface area contributed by atoms with Crippen LogP contribution < -0.4 is 0 Å². The van der Waals surface area contributed by atoms with Gasteiger partial charge in [-0.2, -0.15) is 0 Å². The molecule has 0 spiro atoms. The second kappa shape index (κ2) is 4.78. The van der Waals surface area contributed by atoms with E-state index in [-0.39, 0.29) is 0 Å². The Morgan fingerprint density at radius 1 is 1.26 bits per heavy atom. The lowest BCUT2D eigenvalue weighted by atomic mass is 10.2. The third kappa shape index (κ3) is 2.14. The van der Waals surface area contributed by atoms with Gasteiger partial charge in [0.2, 0.25) is 0 Å². The molecule has 0 atom stereocenters. The lowest BCUT2D eigenvalue weighted by Crippen LogP contribution is -1.98. The molecule has 0 saturated heterocycles. The SMILES string of the molecule is Cc1cccc(Cl)c1-n1c(=S)[nH]c2ccc(Br)cc21. The summed E-state index contributed by atoms with van der Waals surface area (Å²) in [6.07, 6.45) is 0. The predicted octanol–water partition coefficient (Wildman–Crippen LogP) is 5.41. The number of para-hydroxylation sites is 1. The van der Waals surface area contributed by atoms with Crippen molar-refractivity contribution in [3.8, 4) is 5.69 Å². The van der Waals surface area contributed by atoms with Gasteiger partial charge in [-0.25, -0.2) is 0 Å². The number of fused-ring (bicyclic) bond motifs is 1. The molecule has 2 aromatic carbocycles. The van der Waals surface area contributed by atoms with Crippen molar-refractivity contribution in [3.63, 3.8) is 0 Å². The van der Waals surface area contributed by atoms with E-state index < -0.39 is 0 Å². The monoisotopic (exact) mass is 352 g/mol. The predicted molar refractivity (Wildman–Crippen MR) is 85.9 cm³/mol. The number of aromatic nitrogens is 2. The molecule has 0 amide bonds. The molecule has 3 aromatic rings. The van der Waals surface area contributed by atoms with Gasteiger partial charge in [0.1, 0.15) is 0 Å². The molecule has 0 aliphatic heterocycles. The molecule has 0 aliphatic rings. The average molecular weight is 354 g/mol. The van der Waals surface area contributed by atoms with Crippen LogP contribution in [0.3, 0.4) is 0 Å². The summed E-state index contributed by atoms with van der Waals surface area (Å²) in [4.78, 5) is 3.21. The van der Waals surface area contributed by atoms with Gasteiger partial charge in [-0.1, -0.05) is 39.7 Å². The maximum absolute atomic E-state index is 6.34. The van der Waals surface area contributed by atoms with E-state index in [1.165, 1.54) is 0 Å². The van der Waals surface area contributed by atoms with Crippen LogP contribution in [0.2, 0.25) is 5.02 Å². The van der Waals surface area contributed by atoms with E-state index >= 15 is 0 Å². The van der Waals surface area contributed by atoms with Crippen LogP contribution in [-0.2, 0) is 0 Å². The standard InChI is InChI=1S/C14H10BrClN2S/c1-8-3-2-4-10(16)13(8)18-12-7-9(15)5-6-11(12)17-14(18)19/h2-7H,1H3,(H,17,19). The van der Waals surface area contributed by atoms with Crippen LogP contribution in [0.15, 0.2) is 40.9 Å². The zero-order valence-corrected chi connectivity index (χ0v) is 13.2. The number of nitrogens with zero attached hydrogens (tertiary/aromatic N) is 1. The third-order valence-corrected chi connectivity index (χ3v) is 4.14. The zero-order valence-electron chi connectivity index (χ0n) is 10.1. The molecule has 19 heavy (non-hydrogen) atoms. The molecule has 0 saturated carbocycles. The van der Waals surface area contributed by atoms with Crippen molar-refractivity contribution >= 4 is 50.8 Å². The molecule has 5 heteroatoms. The minimum Gasteiger partial charge on any atom is -0.330 e. The normalized spacial score (nSPS) is 11.1. The summed E-state index contributed by atoms with van der Waals surface area (Å²) < 4.78 is 3.63. The van der Waals surface area contributed by atoms with Gasteiger partial charge in [-0.15, -0.1) is 0 Å². The molecular weight excluding hydrogens is 344 g/mol. The average Bonchev–Trinajstić information content (AvgIpc) is 2.66. The van der Waals surface area contributed by atoms with E-state index in [0.29, 0.717) is 9.79 Å². The van der Waals surface area contributed by atoms with Crippen LogP contribution in [0, 0.1) is 11.7 Å². The lowest BCUT2D eigenvalue weighted by molar-refractivity contribution is 1.05. The molecular formula is C14H10BrClN2S. The summed E-state index contributed by atoms with van der Waals surface area (Å²) in [6.45, 7) is 2.03. The van der Waals surface area contributed by atoms with Crippen LogP contribution in [0.25, 0.3) is 16.7 Å². The van der Waals surface area contributed by atoms with Gasteiger partial charge in [-0.05, 0) is 49.0 Å². The molecule has 0 bridgehead atoms. The van der Waals surface area contributed by atoms with Crippen LogP contribution in [0.5, 0.6) is 0 Å². The van der Waals surface area contributed by atoms with Gasteiger partial charge in [0.15, 0.2) is 4.77 Å². The van der Waals surface area contributed by atoms with Gasteiger partial charge >= 0.3 is 0 Å². The molecule has 0 unspecified atom stereocenters. The first kappa shape index (κ1) is 12.9. The lowest BCUT2D eigenvalue weighted by Gasteiger charge is -2.10. The Morgan fingerprint density at radius 3 is 2.79 bits per heavy atom. The van der Waals surface area contributed by atoms with Crippen molar-refractivity contribution in [3.05, 3.63) is 56.2 Å². The first-order chi connectivity index (χ1) is 9.08. The molecule has 1 heterocycles. The quantitative estimate of drug-likeness (QED) is 0.580. The highest BCUT2D eigenvalue weighted by Crippen LogP contribution is 2.29. The van der Waals surface area contributed by atoms with E-state index in [9.17, 15) is 0 Å². The Hall–Kier alpha value is -1.10. The molecule has 0 radical (unpaired) electrons. The largest absolute Gasteiger partial charge is 0.330 e. The van der Waals surface area contributed by atoms with E-state index in [2.05, 4.69) is 20.9 Å². The maximum atomic E-state index is 6.34. The number of hydrogen-bond donors (Lipinski definition) is 1. The van der Waals surface area contributed by atoms with Crippen molar-refractivity contribution in [1.82, 2.24) is 9.55 Å². The Bertz CT molecular complexity index is 815. The van der Waals surface area contributed by atoms with E-state index in [1.54, 1.807) is 0 Å². The molecule has 1 aromatic heterocycles. The van der Waals surface area contributed by atoms with Gasteiger partial charge in [-0.3, -0.25) is 4.57 Å². The Balaban J connectivity index is 2.46. The highest BCUT2D eigenvalue weighted by Gasteiger charge is 2.12. The first-order valence-corrected chi connectivity index (χ1v) is 7.31. The van der Waals surface area contributed by atoms with E-state index in [4.69, 9.17) is 23.8 Å². The van der Waals surface area contributed by atoms with Crippen molar-refractivity contribution < 1.29 is 0 Å². The van der Waals surface area contributed by atoms with Gasteiger partial charge < -0.3 is 4.98 Å². The van der Waals surface area contributed by atoms with E-state index in [0.717, 1.165) is 26.8 Å². The second-order valence-corrected chi connectivity index (χ2v) is 6.04. The molecule has 2 nitrogen and oxygen atoms in total. The number of benzene rings is 2. The number of H-pyrrole nitrogens is 1. The topological polar surface area (TPSA) is 20.7 Å². The van der Waals surface area contributed by atoms with Crippen molar-refractivity contribution in [1.29, 1.82) is 0 Å². The molecule has 96 valence electrons. The molecule has 1 N–H and O–H groups in total. The van der Waals surface area contributed by atoms with Crippen molar-refractivity contribution in [2.75, 3.05) is 0 Å². The summed E-state index contributed by atoms with van der Waals surface area (Å²) in [5.74, 6) is 0. The summed E-state index contributed by atoms with van der Waals surface area (Å²) in [5, 5.41) is 0.692. The first-order valence-electron chi connectivity index (χ1n) is 5.73. The van der Waals surface area contributed by atoms with Crippen LogP contribution in [0.1, 0.15) is 5.56 Å². The minimum absolute atomic E-state index is 0.643. The van der Waals surface area contributed by atoms with Crippen LogP contribution in [0.4, 0.5) is 0 Å². The smallest absolute Gasteiger partial charge is 0.182 e. The Kier molecular flexibility index (Phi) is 3.25. The Labute approximate surface area is 129 Å². The summed E-state index contributed by atoms with van der Waals surface area (Å²) in [5.41, 5.74) is 4.02. The molecule has 0 aliphatic carbocycles.